The van der Waals surface area contributed by atoms with Gasteiger partial charge in [-0.3, -0.25) is 0 Å². The topological polar surface area (TPSA) is 41.9 Å². The molecule has 4 nitrogen and oxygen atoms in total. The monoisotopic (exact) mass is 274 g/mol. The molecule has 19 heavy (non-hydrogen) atoms. The minimum atomic E-state index is 0.891. The average molecular weight is 274 g/mol. The van der Waals surface area contributed by atoms with Gasteiger partial charge in [0.05, 0.1) is 10.6 Å². The second-order valence-corrected chi connectivity index (χ2v) is 5.66. The molecule has 0 N–H and O–H groups in total. The number of anilines is 1. The van der Waals surface area contributed by atoms with Gasteiger partial charge in [-0.05, 0) is 49.3 Å². The van der Waals surface area contributed by atoms with E-state index in [1.807, 2.05) is 12.3 Å². The van der Waals surface area contributed by atoms with Crippen LogP contribution in [0.25, 0.3) is 10.6 Å². The number of hydrogen-bond donors (Lipinski definition) is 0. The molecule has 1 fully saturated rings. The van der Waals surface area contributed by atoms with E-state index in [1.165, 1.54) is 30.8 Å². The van der Waals surface area contributed by atoms with Crippen molar-refractivity contribution in [1.29, 1.82) is 0 Å². The predicted molar refractivity (Wildman–Crippen MR) is 78.6 cm³/mol. The number of aromatic nitrogens is 3. The lowest BCUT2D eigenvalue weighted by molar-refractivity contribution is 0.567. The SMILES string of the molecule is CCc1cc(-c2ccns2)nc(N2CCCCC2)n1. The van der Waals surface area contributed by atoms with Crippen LogP contribution in [-0.2, 0) is 6.42 Å². The third-order valence-corrected chi connectivity index (χ3v) is 4.23. The van der Waals surface area contributed by atoms with Crippen LogP contribution >= 0.6 is 11.5 Å². The van der Waals surface area contributed by atoms with E-state index in [0.717, 1.165) is 41.7 Å². The van der Waals surface area contributed by atoms with Crippen LogP contribution in [0.1, 0.15) is 31.9 Å². The first kappa shape index (κ1) is 12.5. The minimum absolute atomic E-state index is 0.891. The summed E-state index contributed by atoms with van der Waals surface area (Å²) in [5.41, 5.74) is 2.12. The van der Waals surface area contributed by atoms with Gasteiger partial charge >= 0.3 is 0 Å². The summed E-state index contributed by atoms with van der Waals surface area (Å²) in [6.45, 7) is 4.30. The summed E-state index contributed by atoms with van der Waals surface area (Å²) < 4.78 is 4.16. The van der Waals surface area contributed by atoms with Gasteiger partial charge in [0.15, 0.2) is 0 Å². The van der Waals surface area contributed by atoms with Crippen LogP contribution in [0.4, 0.5) is 5.95 Å². The minimum Gasteiger partial charge on any atom is -0.341 e. The molecule has 100 valence electrons. The fourth-order valence-corrected chi connectivity index (χ4v) is 2.93. The Hall–Kier alpha value is -1.49. The molecule has 1 aliphatic heterocycles. The highest BCUT2D eigenvalue weighted by Gasteiger charge is 2.15. The van der Waals surface area contributed by atoms with Crippen molar-refractivity contribution in [2.75, 3.05) is 18.0 Å². The highest BCUT2D eigenvalue weighted by atomic mass is 32.1. The van der Waals surface area contributed by atoms with Crippen molar-refractivity contribution in [3.05, 3.63) is 24.0 Å². The predicted octanol–water partition coefficient (Wildman–Crippen LogP) is 3.15. The van der Waals surface area contributed by atoms with Gasteiger partial charge in [-0.25, -0.2) is 14.3 Å². The third kappa shape index (κ3) is 2.76. The zero-order valence-electron chi connectivity index (χ0n) is 11.2. The first-order chi connectivity index (χ1) is 9.36. The summed E-state index contributed by atoms with van der Waals surface area (Å²) >= 11 is 1.49. The summed E-state index contributed by atoms with van der Waals surface area (Å²) in [6, 6.07) is 4.10. The van der Waals surface area contributed by atoms with Gasteiger partial charge in [0, 0.05) is 25.0 Å². The molecule has 0 unspecified atom stereocenters. The van der Waals surface area contributed by atoms with E-state index in [0.29, 0.717) is 0 Å². The summed E-state index contributed by atoms with van der Waals surface area (Å²) in [6.07, 6.45) is 6.58. The molecule has 0 aliphatic carbocycles. The van der Waals surface area contributed by atoms with E-state index in [4.69, 9.17) is 4.98 Å². The van der Waals surface area contributed by atoms with E-state index in [2.05, 4.69) is 27.2 Å². The van der Waals surface area contributed by atoms with Crippen LogP contribution < -0.4 is 4.90 Å². The molecule has 0 saturated carbocycles. The Morgan fingerprint density at radius 2 is 2.05 bits per heavy atom. The summed E-state index contributed by atoms with van der Waals surface area (Å²) in [7, 11) is 0. The van der Waals surface area contributed by atoms with Crippen molar-refractivity contribution >= 4 is 17.5 Å². The Bertz CT molecular complexity index is 532. The van der Waals surface area contributed by atoms with Crippen LogP contribution in [0, 0.1) is 0 Å². The fourth-order valence-electron chi connectivity index (χ4n) is 2.37. The van der Waals surface area contributed by atoms with Crippen LogP contribution in [0.15, 0.2) is 18.3 Å². The van der Waals surface area contributed by atoms with E-state index in [-0.39, 0.29) is 0 Å². The van der Waals surface area contributed by atoms with Crippen LogP contribution in [0.2, 0.25) is 0 Å². The molecule has 2 aromatic heterocycles. The van der Waals surface area contributed by atoms with Crippen molar-refractivity contribution in [3.8, 4) is 10.6 Å². The maximum absolute atomic E-state index is 4.73. The maximum atomic E-state index is 4.73. The van der Waals surface area contributed by atoms with Crippen LogP contribution in [0.5, 0.6) is 0 Å². The molecule has 0 bridgehead atoms. The third-order valence-electron chi connectivity index (χ3n) is 3.46. The van der Waals surface area contributed by atoms with E-state index >= 15 is 0 Å². The Morgan fingerprint density at radius 3 is 2.74 bits per heavy atom. The lowest BCUT2D eigenvalue weighted by Crippen LogP contribution is -2.31. The number of hydrogen-bond acceptors (Lipinski definition) is 5. The molecular formula is C14H18N4S. The largest absolute Gasteiger partial charge is 0.341 e. The zero-order chi connectivity index (χ0) is 13.1. The normalized spacial score (nSPS) is 15.7. The van der Waals surface area contributed by atoms with E-state index in [1.54, 1.807) is 0 Å². The Balaban J connectivity index is 1.97. The second kappa shape index (κ2) is 5.65. The summed E-state index contributed by atoms with van der Waals surface area (Å²) in [5.74, 6) is 0.891. The molecule has 0 atom stereocenters. The molecule has 5 heteroatoms. The highest BCUT2D eigenvalue weighted by Crippen LogP contribution is 2.25. The maximum Gasteiger partial charge on any atom is 0.226 e. The molecule has 0 aromatic carbocycles. The van der Waals surface area contributed by atoms with Gasteiger partial charge in [-0.2, -0.15) is 0 Å². The Morgan fingerprint density at radius 1 is 1.21 bits per heavy atom. The smallest absolute Gasteiger partial charge is 0.226 e. The van der Waals surface area contributed by atoms with Gasteiger partial charge < -0.3 is 4.90 Å². The van der Waals surface area contributed by atoms with Gasteiger partial charge in [0.1, 0.15) is 0 Å². The number of piperidine rings is 1. The van der Waals surface area contributed by atoms with Crippen molar-refractivity contribution in [2.45, 2.75) is 32.6 Å². The van der Waals surface area contributed by atoms with Gasteiger partial charge in [-0.15, -0.1) is 0 Å². The summed E-state index contributed by atoms with van der Waals surface area (Å²) in [4.78, 5) is 12.9. The zero-order valence-corrected chi connectivity index (χ0v) is 12.0. The Labute approximate surface area is 117 Å². The molecule has 2 aromatic rings. The first-order valence-corrected chi connectivity index (χ1v) is 7.68. The standard InChI is InChI=1S/C14H18N4S/c1-2-11-10-12(13-6-7-15-19-13)17-14(16-11)18-8-4-3-5-9-18/h6-7,10H,2-5,8-9H2,1H3. The van der Waals surface area contributed by atoms with Crippen molar-refractivity contribution in [2.24, 2.45) is 0 Å². The average Bonchev–Trinajstić information content (AvgIpc) is 3.02. The van der Waals surface area contributed by atoms with E-state index < -0.39 is 0 Å². The molecule has 3 rings (SSSR count). The molecule has 1 aliphatic rings. The quantitative estimate of drug-likeness (QED) is 0.862. The molecule has 0 radical (unpaired) electrons. The van der Waals surface area contributed by atoms with Gasteiger partial charge in [0.25, 0.3) is 0 Å². The fraction of sp³-hybridized carbons (Fsp3) is 0.500. The van der Waals surface area contributed by atoms with Crippen molar-refractivity contribution < 1.29 is 0 Å². The number of aryl methyl sites for hydroxylation is 1. The molecule has 1 saturated heterocycles. The molecule has 3 heterocycles. The number of nitrogens with zero attached hydrogens (tertiary/aromatic N) is 4. The first-order valence-electron chi connectivity index (χ1n) is 6.91. The van der Waals surface area contributed by atoms with Crippen LogP contribution in [0.3, 0.4) is 0 Å². The number of rotatable bonds is 3. The van der Waals surface area contributed by atoms with E-state index in [9.17, 15) is 0 Å². The lowest BCUT2D eigenvalue weighted by Gasteiger charge is -2.27. The van der Waals surface area contributed by atoms with Crippen molar-refractivity contribution in [1.82, 2.24) is 14.3 Å². The lowest BCUT2D eigenvalue weighted by atomic mass is 10.1. The Kier molecular flexibility index (Phi) is 3.73. The second-order valence-electron chi connectivity index (χ2n) is 4.82. The van der Waals surface area contributed by atoms with Gasteiger partial charge in [0.2, 0.25) is 5.95 Å². The van der Waals surface area contributed by atoms with Gasteiger partial charge in [-0.1, -0.05) is 6.92 Å². The van der Waals surface area contributed by atoms with Crippen molar-refractivity contribution in [3.63, 3.8) is 0 Å². The molecule has 0 spiro atoms. The summed E-state index contributed by atoms with van der Waals surface area (Å²) in [5, 5.41) is 0. The van der Waals surface area contributed by atoms with Crippen LogP contribution in [-0.4, -0.2) is 27.4 Å². The molecular weight excluding hydrogens is 256 g/mol. The highest BCUT2D eigenvalue weighted by molar-refractivity contribution is 7.09. The molecule has 0 amide bonds.